The standard InChI is InChI=1S/C14H18N4O2/c1-3-5-10(2)16-14(19)17-12-7-4-6-11(8-12)13-18-15-9-20-13/h4,6-10H,3,5H2,1-2H3,(H2,16,17,19). The fourth-order valence-electron chi connectivity index (χ4n) is 1.92. The summed E-state index contributed by atoms with van der Waals surface area (Å²) >= 11 is 0. The van der Waals surface area contributed by atoms with E-state index in [0.29, 0.717) is 11.6 Å². The van der Waals surface area contributed by atoms with E-state index in [-0.39, 0.29) is 12.1 Å². The van der Waals surface area contributed by atoms with Gasteiger partial charge in [0.25, 0.3) is 0 Å². The van der Waals surface area contributed by atoms with E-state index >= 15 is 0 Å². The first-order valence-corrected chi connectivity index (χ1v) is 6.63. The number of nitrogens with zero attached hydrogens (tertiary/aromatic N) is 2. The van der Waals surface area contributed by atoms with Gasteiger partial charge in [0, 0.05) is 17.3 Å². The Morgan fingerprint density at radius 3 is 3.00 bits per heavy atom. The van der Waals surface area contributed by atoms with Crippen molar-refractivity contribution in [1.82, 2.24) is 15.5 Å². The Morgan fingerprint density at radius 1 is 1.45 bits per heavy atom. The third kappa shape index (κ3) is 3.81. The van der Waals surface area contributed by atoms with Crippen LogP contribution in [0.2, 0.25) is 0 Å². The van der Waals surface area contributed by atoms with Gasteiger partial charge in [-0.05, 0) is 31.5 Å². The molecule has 0 saturated heterocycles. The molecule has 0 fully saturated rings. The maximum Gasteiger partial charge on any atom is 0.319 e. The van der Waals surface area contributed by atoms with Crippen LogP contribution in [0, 0.1) is 0 Å². The van der Waals surface area contributed by atoms with Gasteiger partial charge in [-0.1, -0.05) is 19.4 Å². The zero-order valence-electron chi connectivity index (χ0n) is 11.6. The number of rotatable bonds is 5. The van der Waals surface area contributed by atoms with E-state index < -0.39 is 0 Å². The molecule has 6 heteroatoms. The van der Waals surface area contributed by atoms with Crippen molar-refractivity contribution in [3.05, 3.63) is 30.7 Å². The van der Waals surface area contributed by atoms with Crippen molar-refractivity contribution in [3.63, 3.8) is 0 Å². The summed E-state index contributed by atoms with van der Waals surface area (Å²) in [7, 11) is 0. The largest absolute Gasteiger partial charge is 0.423 e. The minimum atomic E-state index is -0.214. The summed E-state index contributed by atoms with van der Waals surface area (Å²) in [5.41, 5.74) is 1.45. The van der Waals surface area contributed by atoms with E-state index in [4.69, 9.17) is 4.42 Å². The molecule has 0 radical (unpaired) electrons. The lowest BCUT2D eigenvalue weighted by molar-refractivity contribution is 0.248. The predicted molar refractivity (Wildman–Crippen MR) is 76.3 cm³/mol. The average molecular weight is 274 g/mol. The molecule has 6 nitrogen and oxygen atoms in total. The molecule has 0 aliphatic rings. The van der Waals surface area contributed by atoms with Crippen molar-refractivity contribution in [2.45, 2.75) is 32.7 Å². The molecule has 2 N–H and O–H groups in total. The number of hydrogen-bond donors (Lipinski definition) is 2. The van der Waals surface area contributed by atoms with Gasteiger partial charge in [0.2, 0.25) is 12.3 Å². The smallest absolute Gasteiger partial charge is 0.319 e. The third-order valence-corrected chi connectivity index (χ3v) is 2.83. The maximum atomic E-state index is 11.8. The van der Waals surface area contributed by atoms with Crippen molar-refractivity contribution in [2.24, 2.45) is 0 Å². The minimum Gasteiger partial charge on any atom is -0.423 e. The normalized spacial score (nSPS) is 11.9. The van der Waals surface area contributed by atoms with Crippen LogP contribution in [0.1, 0.15) is 26.7 Å². The molecule has 0 saturated carbocycles. The Morgan fingerprint density at radius 2 is 2.30 bits per heavy atom. The Balaban J connectivity index is 1.99. The van der Waals surface area contributed by atoms with Gasteiger partial charge in [0.15, 0.2) is 0 Å². The Labute approximate surface area is 117 Å². The van der Waals surface area contributed by atoms with Crippen molar-refractivity contribution in [3.8, 4) is 11.5 Å². The summed E-state index contributed by atoms with van der Waals surface area (Å²) in [6.45, 7) is 4.07. The van der Waals surface area contributed by atoms with Gasteiger partial charge < -0.3 is 15.1 Å². The van der Waals surface area contributed by atoms with Gasteiger partial charge in [0.1, 0.15) is 0 Å². The second kappa shape index (κ2) is 6.70. The highest BCUT2D eigenvalue weighted by atomic mass is 16.4. The van der Waals surface area contributed by atoms with E-state index in [9.17, 15) is 4.79 Å². The molecular weight excluding hydrogens is 256 g/mol. The Bertz CT molecular complexity index is 554. The molecule has 2 aromatic rings. The first-order chi connectivity index (χ1) is 9.69. The maximum absolute atomic E-state index is 11.8. The first kappa shape index (κ1) is 14.0. The van der Waals surface area contributed by atoms with Crippen LogP contribution < -0.4 is 10.6 Å². The Hall–Kier alpha value is -2.37. The molecule has 1 aromatic heterocycles. The molecule has 106 valence electrons. The third-order valence-electron chi connectivity index (χ3n) is 2.83. The number of carbonyl (C=O) groups excluding carboxylic acids is 1. The fourth-order valence-corrected chi connectivity index (χ4v) is 1.92. The highest BCUT2D eigenvalue weighted by Crippen LogP contribution is 2.20. The van der Waals surface area contributed by atoms with Crippen LogP contribution in [0.4, 0.5) is 10.5 Å². The second-order valence-corrected chi connectivity index (χ2v) is 4.61. The number of urea groups is 1. The first-order valence-electron chi connectivity index (χ1n) is 6.63. The van der Waals surface area contributed by atoms with Crippen LogP contribution in [0.25, 0.3) is 11.5 Å². The molecule has 2 amide bonds. The summed E-state index contributed by atoms with van der Waals surface area (Å²) in [4.78, 5) is 11.8. The fraction of sp³-hybridized carbons (Fsp3) is 0.357. The topological polar surface area (TPSA) is 80.0 Å². The second-order valence-electron chi connectivity index (χ2n) is 4.61. The molecule has 0 aliphatic heterocycles. The van der Waals surface area contributed by atoms with Crippen LogP contribution >= 0.6 is 0 Å². The lowest BCUT2D eigenvalue weighted by atomic mass is 10.2. The van der Waals surface area contributed by atoms with Crippen LogP contribution in [0.15, 0.2) is 35.1 Å². The average Bonchev–Trinajstić information content (AvgIpc) is 2.92. The molecule has 1 atom stereocenters. The van der Waals surface area contributed by atoms with E-state index in [1.807, 2.05) is 25.1 Å². The molecule has 20 heavy (non-hydrogen) atoms. The highest BCUT2D eigenvalue weighted by molar-refractivity contribution is 5.90. The summed E-state index contributed by atoms with van der Waals surface area (Å²) in [5.74, 6) is 0.424. The quantitative estimate of drug-likeness (QED) is 0.878. The molecule has 0 bridgehead atoms. The van der Waals surface area contributed by atoms with Gasteiger partial charge in [-0.15, -0.1) is 10.2 Å². The molecule has 1 heterocycles. The molecule has 1 aromatic carbocycles. The Kier molecular flexibility index (Phi) is 4.70. The van der Waals surface area contributed by atoms with Crippen LogP contribution in [-0.2, 0) is 0 Å². The SMILES string of the molecule is CCCC(C)NC(=O)Nc1cccc(-c2nnco2)c1. The molecule has 2 rings (SSSR count). The summed E-state index contributed by atoms with van der Waals surface area (Å²) in [5, 5.41) is 13.1. The van der Waals surface area contributed by atoms with Gasteiger partial charge in [0.05, 0.1) is 0 Å². The van der Waals surface area contributed by atoms with Crippen LogP contribution in [0.3, 0.4) is 0 Å². The monoisotopic (exact) mass is 274 g/mol. The lowest BCUT2D eigenvalue weighted by Crippen LogP contribution is -2.35. The van der Waals surface area contributed by atoms with Gasteiger partial charge in [-0.3, -0.25) is 0 Å². The van der Waals surface area contributed by atoms with Crippen molar-refractivity contribution in [1.29, 1.82) is 0 Å². The van der Waals surface area contributed by atoms with Gasteiger partial charge in [-0.25, -0.2) is 4.79 Å². The van der Waals surface area contributed by atoms with E-state index in [1.54, 1.807) is 6.07 Å². The number of carbonyl (C=O) groups is 1. The van der Waals surface area contributed by atoms with Crippen LogP contribution in [-0.4, -0.2) is 22.3 Å². The number of nitrogens with one attached hydrogen (secondary N) is 2. The lowest BCUT2D eigenvalue weighted by Gasteiger charge is -2.13. The minimum absolute atomic E-state index is 0.152. The van der Waals surface area contributed by atoms with Crippen LogP contribution in [0.5, 0.6) is 0 Å². The van der Waals surface area contributed by atoms with Gasteiger partial charge in [-0.2, -0.15) is 0 Å². The predicted octanol–water partition coefficient (Wildman–Crippen LogP) is 3.05. The van der Waals surface area contributed by atoms with Crippen molar-refractivity contribution in [2.75, 3.05) is 5.32 Å². The number of amides is 2. The number of aromatic nitrogens is 2. The zero-order chi connectivity index (χ0) is 14.4. The van der Waals surface area contributed by atoms with Crippen molar-refractivity contribution < 1.29 is 9.21 Å². The number of hydrogen-bond acceptors (Lipinski definition) is 4. The molecule has 1 unspecified atom stereocenters. The number of benzene rings is 1. The van der Waals surface area contributed by atoms with Gasteiger partial charge >= 0.3 is 6.03 Å². The summed E-state index contributed by atoms with van der Waals surface area (Å²) < 4.78 is 5.13. The van der Waals surface area contributed by atoms with Crippen molar-refractivity contribution >= 4 is 11.7 Å². The molecular formula is C14H18N4O2. The highest BCUT2D eigenvalue weighted by Gasteiger charge is 2.08. The molecule has 0 aliphatic carbocycles. The number of anilines is 1. The van der Waals surface area contributed by atoms with E-state index in [2.05, 4.69) is 27.8 Å². The molecule has 0 spiro atoms. The summed E-state index contributed by atoms with van der Waals surface area (Å²) in [6, 6.07) is 7.20. The van der Waals surface area contributed by atoms with E-state index in [0.717, 1.165) is 18.4 Å². The summed E-state index contributed by atoms with van der Waals surface area (Å²) in [6.07, 6.45) is 3.26. The zero-order valence-corrected chi connectivity index (χ0v) is 11.6. The van der Waals surface area contributed by atoms with E-state index in [1.165, 1.54) is 6.39 Å².